The van der Waals surface area contributed by atoms with E-state index in [4.69, 9.17) is 4.74 Å². The van der Waals surface area contributed by atoms with Crippen LogP contribution in [0.2, 0.25) is 0 Å². The first kappa shape index (κ1) is 19.0. The largest absolute Gasteiger partial charge is 0.444 e. The van der Waals surface area contributed by atoms with E-state index in [1.165, 1.54) is 4.88 Å². The van der Waals surface area contributed by atoms with Crippen molar-refractivity contribution >= 4 is 23.4 Å². The molecule has 0 aliphatic carbocycles. The van der Waals surface area contributed by atoms with Crippen LogP contribution in [0, 0.1) is 0 Å². The molecule has 0 spiro atoms. The number of piperazine rings is 1. The van der Waals surface area contributed by atoms with Crippen LogP contribution in [0.1, 0.15) is 39.5 Å². The van der Waals surface area contributed by atoms with Crippen molar-refractivity contribution in [2.24, 2.45) is 4.99 Å². The van der Waals surface area contributed by atoms with Crippen LogP contribution in [0.25, 0.3) is 0 Å². The summed E-state index contributed by atoms with van der Waals surface area (Å²) in [6, 6.07) is 4.52. The average Bonchev–Trinajstić information content (AvgIpc) is 3.21. The molecule has 144 valence electrons. The van der Waals surface area contributed by atoms with Crippen molar-refractivity contribution in [3.05, 3.63) is 22.4 Å². The molecule has 0 saturated carbocycles. The number of thiophene rings is 1. The molecule has 1 aromatic heterocycles. The molecule has 0 bridgehead atoms. The second kappa shape index (κ2) is 7.10. The molecule has 1 amide bonds. The van der Waals surface area contributed by atoms with E-state index in [0.29, 0.717) is 13.1 Å². The number of hydrogen-bond donors (Lipinski definition) is 1. The van der Waals surface area contributed by atoms with Crippen molar-refractivity contribution in [2.75, 3.05) is 32.7 Å². The molecule has 3 rings (SSSR count). The number of hydrogen-bond acceptors (Lipinski definition) is 6. The molecule has 1 aromatic rings. The Bertz CT molecular complexity index is 664. The molecular formula is C19H30N4O2S. The quantitative estimate of drug-likeness (QED) is 0.879. The molecule has 26 heavy (non-hydrogen) atoms. The molecule has 0 radical (unpaired) electrons. The number of nitrogens with one attached hydrogen (secondary N) is 1. The van der Waals surface area contributed by atoms with Crippen molar-refractivity contribution < 1.29 is 9.53 Å². The van der Waals surface area contributed by atoms with Crippen LogP contribution in [0.15, 0.2) is 22.5 Å². The van der Waals surface area contributed by atoms with Gasteiger partial charge in [0, 0.05) is 36.5 Å². The molecule has 1 atom stereocenters. The molecule has 1 N–H and O–H groups in total. The number of ether oxygens (including phenoxy) is 1. The van der Waals surface area contributed by atoms with Gasteiger partial charge in [-0.1, -0.05) is 19.9 Å². The van der Waals surface area contributed by atoms with E-state index >= 15 is 0 Å². The van der Waals surface area contributed by atoms with Gasteiger partial charge < -0.3 is 19.9 Å². The molecule has 1 fully saturated rings. The predicted octanol–water partition coefficient (Wildman–Crippen LogP) is 2.91. The summed E-state index contributed by atoms with van der Waals surface area (Å²) in [5.74, 6) is 0.962. The highest BCUT2D eigenvalue weighted by Crippen LogP contribution is 2.27. The van der Waals surface area contributed by atoms with Crippen LogP contribution >= 0.6 is 11.3 Å². The summed E-state index contributed by atoms with van der Waals surface area (Å²) in [6.45, 7) is 13.9. The normalized spacial score (nSPS) is 20.7. The van der Waals surface area contributed by atoms with E-state index in [1.807, 2.05) is 20.8 Å². The molecule has 1 unspecified atom stereocenters. The van der Waals surface area contributed by atoms with E-state index in [9.17, 15) is 4.79 Å². The van der Waals surface area contributed by atoms with Gasteiger partial charge >= 0.3 is 6.09 Å². The molecule has 6 nitrogen and oxygen atoms in total. The fourth-order valence-corrected chi connectivity index (χ4v) is 4.13. The Labute approximate surface area is 160 Å². The maximum atomic E-state index is 12.3. The lowest BCUT2D eigenvalue weighted by molar-refractivity contribution is 0.0137. The Morgan fingerprint density at radius 1 is 1.35 bits per heavy atom. The zero-order chi connectivity index (χ0) is 18.9. The maximum Gasteiger partial charge on any atom is 0.410 e. The average molecular weight is 379 g/mol. The van der Waals surface area contributed by atoms with Gasteiger partial charge in [-0.2, -0.15) is 0 Å². The van der Waals surface area contributed by atoms with Crippen molar-refractivity contribution in [2.45, 2.75) is 51.7 Å². The summed E-state index contributed by atoms with van der Waals surface area (Å²) in [7, 11) is 0. The van der Waals surface area contributed by atoms with Gasteiger partial charge in [0.15, 0.2) is 5.96 Å². The van der Waals surface area contributed by atoms with Gasteiger partial charge in [0.25, 0.3) is 0 Å². The zero-order valence-electron chi connectivity index (χ0n) is 16.4. The third kappa shape index (κ3) is 4.31. The minimum Gasteiger partial charge on any atom is -0.444 e. The van der Waals surface area contributed by atoms with Crippen molar-refractivity contribution in [1.29, 1.82) is 0 Å². The molecule has 3 heterocycles. The van der Waals surface area contributed by atoms with E-state index in [-0.39, 0.29) is 17.6 Å². The first-order chi connectivity index (χ1) is 12.2. The lowest BCUT2D eigenvalue weighted by atomic mass is 9.91. The number of rotatable bonds is 3. The number of guanidine groups is 1. The van der Waals surface area contributed by atoms with Crippen LogP contribution in [0.4, 0.5) is 4.79 Å². The van der Waals surface area contributed by atoms with Gasteiger partial charge in [-0.3, -0.25) is 4.99 Å². The van der Waals surface area contributed by atoms with Gasteiger partial charge in [0.2, 0.25) is 0 Å². The highest BCUT2D eigenvalue weighted by molar-refractivity contribution is 7.10. The van der Waals surface area contributed by atoms with Crippen molar-refractivity contribution in [3.8, 4) is 0 Å². The maximum absolute atomic E-state index is 12.3. The molecule has 2 aliphatic heterocycles. The van der Waals surface area contributed by atoms with Gasteiger partial charge in [0.05, 0.1) is 12.6 Å². The third-order valence-corrected chi connectivity index (χ3v) is 5.97. The third-order valence-electron chi connectivity index (χ3n) is 4.73. The lowest BCUT2D eigenvalue weighted by Gasteiger charge is -2.39. The Balaban J connectivity index is 1.53. The van der Waals surface area contributed by atoms with Crippen molar-refractivity contribution in [1.82, 2.24) is 15.1 Å². The fraction of sp³-hybridized carbons (Fsp3) is 0.684. The predicted molar refractivity (Wildman–Crippen MR) is 106 cm³/mol. The number of amides is 1. The van der Waals surface area contributed by atoms with Gasteiger partial charge in [0.1, 0.15) is 5.60 Å². The number of carbonyl (C=O) groups is 1. The number of carbonyl (C=O) groups excluding carboxylic acids is 1. The molecule has 7 heteroatoms. The first-order valence-electron chi connectivity index (χ1n) is 9.23. The first-order valence-corrected chi connectivity index (χ1v) is 10.1. The monoisotopic (exact) mass is 378 g/mol. The Morgan fingerprint density at radius 2 is 2.12 bits per heavy atom. The van der Waals surface area contributed by atoms with Crippen LogP contribution < -0.4 is 5.32 Å². The zero-order valence-corrected chi connectivity index (χ0v) is 17.2. The van der Waals surface area contributed by atoms with E-state index in [1.54, 1.807) is 16.2 Å². The van der Waals surface area contributed by atoms with Crippen molar-refractivity contribution in [3.63, 3.8) is 0 Å². The van der Waals surface area contributed by atoms with Gasteiger partial charge in [-0.15, -0.1) is 11.3 Å². The number of aliphatic imine (C=N–C) groups is 1. The fourth-order valence-electron chi connectivity index (χ4n) is 3.27. The Morgan fingerprint density at radius 3 is 2.77 bits per heavy atom. The minimum atomic E-state index is -0.458. The van der Waals surface area contributed by atoms with Crippen LogP contribution in [-0.4, -0.2) is 66.2 Å². The summed E-state index contributed by atoms with van der Waals surface area (Å²) in [5, 5.41) is 5.66. The smallest absolute Gasteiger partial charge is 0.410 e. The molecule has 2 aliphatic rings. The topological polar surface area (TPSA) is 57.2 Å². The summed E-state index contributed by atoms with van der Waals surface area (Å²) < 4.78 is 5.50. The Kier molecular flexibility index (Phi) is 5.19. The molecule has 1 saturated heterocycles. The summed E-state index contributed by atoms with van der Waals surface area (Å²) in [5.41, 5.74) is -0.395. The summed E-state index contributed by atoms with van der Waals surface area (Å²) in [4.78, 5) is 22.5. The second-order valence-electron chi connectivity index (χ2n) is 8.65. The van der Waals surface area contributed by atoms with Gasteiger partial charge in [-0.25, -0.2) is 4.79 Å². The highest BCUT2D eigenvalue weighted by atomic mass is 32.1. The van der Waals surface area contributed by atoms with Crippen LogP contribution in [-0.2, 0) is 10.2 Å². The molecular weight excluding hydrogens is 348 g/mol. The van der Waals surface area contributed by atoms with E-state index < -0.39 is 5.60 Å². The van der Waals surface area contributed by atoms with E-state index in [2.05, 4.69) is 46.6 Å². The lowest BCUT2D eigenvalue weighted by Crippen LogP contribution is -2.58. The standard InChI is InChI=1S/C19H30N4O2S/c1-18(2,3)25-17(24)22-8-9-23-14(12-22)11-20-16(23)21-13-19(4,5)15-7-6-10-26-15/h6-7,10,14H,8-9,11-13H2,1-5H3,(H,20,21). The highest BCUT2D eigenvalue weighted by Gasteiger charge is 2.37. The summed E-state index contributed by atoms with van der Waals surface area (Å²) >= 11 is 1.79. The SMILES string of the molecule is CC(C)(C)OC(=O)N1CCN2C(NCC(C)(C)c3cccs3)=NCC2C1. The molecule has 0 aromatic carbocycles. The van der Waals surface area contributed by atoms with Crippen LogP contribution in [0.3, 0.4) is 0 Å². The number of nitrogens with zero attached hydrogens (tertiary/aromatic N) is 3. The summed E-state index contributed by atoms with van der Waals surface area (Å²) in [6.07, 6.45) is -0.225. The van der Waals surface area contributed by atoms with Crippen LogP contribution in [0.5, 0.6) is 0 Å². The van der Waals surface area contributed by atoms with Gasteiger partial charge in [-0.05, 0) is 32.2 Å². The second-order valence-corrected chi connectivity index (χ2v) is 9.60. The Hall–Kier alpha value is -1.76. The number of fused-ring (bicyclic) bond motifs is 1. The minimum absolute atomic E-state index is 0.0626. The van der Waals surface area contributed by atoms with E-state index in [0.717, 1.165) is 25.6 Å².